The van der Waals surface area contributed by atoms with Gasteiger partial charge in [-0.3, -0.25) is 0 Å². The first kappa shape index (κ1) is 18.0. The lowest BCUT2D eigenvalue weighted by molar-refractivity contribution is -0.0299. The molecule has 2 atom stereocenters. The number of nitrogens with one attached hydrogen (secondary N) is 1. The standard InChI is InChI=1S/C18H31NO2/c1-7-12-19-17(18(5,8-2)20-6)15-10-9-11-16(13-15)21-14(3)4/h9-11,13-14,17,19H,7-8,12H2,1-6H3. The van der Waals surface area contributed by atoms with Gasteiger partial charge in [0, 0.05) is 7.11 Å². The lowest BCUT2D eigenvalue weighted by Crippen LogP contribution is -2.43. The molecule has 0 radical (unpaired) electrons. The molecule has 1 aromatic carbocycles. The van der Waals surface area contributed by atoms with Crippen molar-refractivity contribution in [3.8, 4) is 5.75 Å². The molecule has 3 heteroatoms. The second-order valence-corrected chi connectivity index (χ2v) is 6.00. The fourth-order valence-electron chi connectivity index (χ4n) is 2.48. The molecule has 0 bridgehead atoms. The van der Waals surface area contributed by atoms with Gasteiger partial charge in [0.25, 0.3) is 0 Å². The highest BCUT2D eigenvalue weighted by Gasteiger charge is 2.33. The van der Waals surface area contributed by atoms with Gasteiger partial charge in [-0.2, -0.15) is 0 Å². The second-order valence-electron chi connectivity index (χ2n) is 6.00. The summed E-state index contributed by atoms with van der Waals surface area (Å²) in [6.07, 6.45) is 2.23. The minimum atomic E-state index is -0.231. The zero-order valence-electron chi connectivity index (χ0n) is 14.4. The maximum Gasteiger partial charge on any atom is 0.120 e. The molecular formula is C18H31NO2. The zero-order valence-corrected chi connectivity index (χ0v) is 14.4. The van der Waals surface area contributed by atoms with Gasteiger partial charge in [0.1, 0.15) is 5.75 Å². The molecule has 0 saturated heterocycles. The highest BCUT2D eigenvalue weighted by molar-refractivity contribution is 5.32. The topological polar surface area (TPSA) is 30.5 Å². The number of hydrogen-bond donors (Lipinski definition) is 1. The van der Waals surface area contributed by atoms with Crippen molar-refractivity contribution in [3.05, 3.63) is 29.8 Å². The Morgan fingerprint density at radius 3 is 2.48 bits per heavy atom. The third kappa shape index (κ3) is 5.01. The van der Waals surface area contributed by atoms with Gasteiger partial charge in [0.05, 0.1) is 17.7 Å². The number of rotatable bonds is 9. The van der Waals surface area contributed by atoms with Crippen LogP contribution in [0.3, 0.4) is 0 Å². The summed E-state index contributed by atoms with van der Waals surface area (Å²) in [5.41, 5.74) is 0.985. The fraction of sp³-hybridized carbons (Fsp3) is 0.667. The van der Waals surface area contributed by atoms with Crippen LogP contribution in [0.15, 0.2) is 24.3 Å². The van der Waals surface area contributed by atoms with Crippen LogP contribution in [0.2, 0.25) is 0 Å². The molecule has 0 saturated carbocycles. The van der Waals surface area contributed by atoms with Gasteiger partial charge in [0.15, 0.2) is 0 Å². The van der Waals surface area contributed by atoms with Crippen molar-refractivity contribution in [3.63, 3.8) is 0 Å². The molecule has 3 nitrogen and oxygen atoms in total. The molecule has 0 aliphatic heterocycles. The van der Waals surface area contributed by atoms with Crippen LogP contribution in [-0.4, -0.2) is 25.4 Å². The van der Waals surface area contributed by atoms with Crippen LogP contribution in [0.1, 0.15) is 59.1 Å². The summed E-state index contributed by atoms with van der Waals surface area (Å²) in [4.78, 5) is 0. The molecular weight excluding hydrogens is 262 g/mol. The summed E-state index contributed by atoms with van der Waals surface area (Å²) in [7, 11) is 1.79. The Labute approximate surface area is 130 Å². The van der Waals surface area contributed by atoms with Gasteiger partial charge >= 0.3 is 0 Å². The van der Waals surface area contributed by atoms with Crippen molar-refractivity contribution in [1.29, 1.82) is 0 Å². The largest absolute Gasteiger partial charge is 0.491 e. The molecule has 1 aromatic rings. The summed E-state index contributed by atoms with van der Waals surface area (Å²) in [5.74, 6) is 0.917. The van der Waals surface area contributed by atoms with Gasteiger partial charge in [-0.25, -0.2) is 0 Å². The maximum absolute atomic E-state index is 5.82. The van der Waals surface area contributed by atoms with Crippen LogP contribution in [0.5, 0.6) is 5.75 Å². The first-order chi connectivity index (χ1) is 9.96. The van der Waals surface area contributed by atoms with Crippen LogP contribution in [-0.2, 0) is 4.74 Å². The van der Waals surface area contributed by atoms with Gasteiger partial charge in [-0.1, -0.05) is 26.0 Å². The van der Waals surface area contributed by atoms with Crippen LogP contribution in [0.4, 0.5) is 0 Å². The number of hydrogen-bond acceptors (Lipinski definition) is 3. The summed E-state index contributed by atoms with van der Waals surface area (Å²) in [5, 5.41) is 3.63. The van der Waals surface area contributed by atoms with E-state index < -0.39 is 0 Å². The molecule has 0 spiro atoms. The average molecular weight is 293 g/mol. The van der Waals surface area contributed by atoms with E-state index in [1.165, 1.54) is 5.56 Å². The molecule has 1 N–H and O–H groups in total. The fourth-order valence-corrected chi connectivity index (χ4v) is 2.48. The van der Waals surface area contributed by atoms with E-state index in [4.69, 9.17) is 9.47 Å². The third-order valence-electron chi connectivity index (χ3n) is 3.94. The molecule has 1 rings (SSSR count). The van der Waals surface area contributed by atoms with Gasteiger partial charge in [-0.05, 0) is 57.9 Å². The van der Waals surface area contributed by atoms with Gasteiger partial charge in [-0.15, -0.1) is 0 Å². The van der Waals surface area contributed by atoms with Crippen LogP contribution in [0.25, 0.3) is 0 Å². The lowest BCUT2D eigenvalue weighted by Gasteiger charge is -2.37. The Kier molecular flexibility index (Phi) is 7.20. The number of ether oxygens (including phenoxy) is 2. The average Bonchev–Trinajstić information content (AvgIpc) is 2.47. The van der Waals surface area contributed by atoms with Crippen molar-refractivity contribution in [2.75, 3.05) is 13.7 Å². The molecule has 0 amide bonds. The molecule has 21 heavy (non-hydrogen) atoms. The predicted molar refractivity (Wildman–Crippen MR) is 88.9 cm³/mol. The van der Waals surface area contributed by atoms with E-state index in [-0.39, 0.29) is 17.7 Å². The van der Waals surface area contributed by atoms with Crippen molar-refractivity contribution in [2.24, 2.45) is 0 Å². The van der Waals surface area contributed by atoms with E-state index in [2.05, 4.69) is 44.3 Å². The molecule has 0 aliphatic rings. The monoisotopic (exact) mass is 293 g/mol. The van der Waals surface area contributed by atoms with E-state index in [0.717, 1.165) is 25.1 Å². The van der Waals surface area contributed by atoms with E-state index in [9.17, 15) is 0 Å². The molecule has 0 heterocycles. The smallest absolute Gasteiger partial charge is 0.120 e. The first-order valence-corrected chi connectivity index (χ1v) is 8.02. The minimum Gasteiger partial charge on any atom is -0.491 e. The minimum absolute atomic E-state index is 0.156. The molecule has 2 unspecified atom stereocenters. The van der Waals surface area contributed by atoms with Crippen molar-refractivity contribution >= 4 is 0 Å². The van der Waals surface area contributed by atoms with Crippen LogP contribution in [0, 0.1) is 0 Å². The Bertz CT molecular complexity index is 413. The van der Waals surface area contributed by atoms with Crippen molar-refractivity contribution < 1.29 is 9.47 Å². The number of benzene rings is 1. The quantitative estimate of drug-likeness (QED) is 0.735. The molecule has 0 aliphatic carbocycles. The Morgan fingerprint density at radius 1 is 1.24 bits per heavy atom. The van der Waals surface area contributed by atoms with E-state index in [1.54, 1.807) is 7.11 Å². The SMILES string of the molecule is CCCNC(c1cccc(OC(C)C)c1)C(C)(CC)OC. The molecule has 0 aromatic heterocycles. The zero-order chi connectivity index (χ0) is 15.9. The second kappa shape index (κ2) is 8.40. The van der Waals surface area contributed by atoms with Gasteiger partial charge in [0.2, 0.25) is 0 Å². The first-order valence-electron chi connectivity index (χ1n) is 8.02. The lowest BCUT2D eigenvalue weighted by atomic mass is 9.87. The third-order valence-corrected chi connectivity index (χ3v) is 3.94. The number of methoxy groups -OCH3 is 1. The summed E-state index contributed by atoms with van der Waals surface area (Å²) in [6, 6.07) is 8.49. The Balaban J connectivity index is 3.07. The van der Waals surface area contributed by atoms with Crippen molar-refractivity contribution in [2.45, 2.75) is 65.2 Å². The maximum atomic E-state index is 5.82. The molecule has 120 valence electrons. The van der Waals surface area contributed by atoms with E-state index >= 15 is 0 Å². The van der Waals surface area contributed by atoms with Crippen LogP contribution >= 0.6 is 0 Å². The van der Waals surface area contributed by atoms with Crippen molar-refractivity contribution in [1.82, 2.24) is 5.32 Å². The summed E-state index contributed by atoms with van der Waals surface area (Å²) in [6.45, 7) is 11.6. The molecule has 0 fully saturated rings. The predicted octanol–water partition coefficient (Wildman–Crippen LogP) is 4.33. The van der Waals surface area contributed by atoms with E-state index in [0.29, 0.717) is 0 Å². The normalized spacial score (nSPS) is 15.8. The summed E-state index contributed by atoms with van der Waals surface area (Å²) >= 11 is 0. The van der Waals surface area contributed by atoms with E-state index in [1.807, 2.05) is 19.9 Å². The van der Waals surface area contributed by atoms with Gasteiger partial charge < -0.3 is 14.8 Å². The van der Waals surface area contributed by atoms with Crippen LogP contribution < -0.4 is 10.1 Å². The Hall–Kier alpha value is -1.06. The highest BCUT2D eigenvalue weighted by Crippen LogP contribution is 2.33. The summed E-state index contributed by atoms with van der Waals surface area (Å²) < 4.78 is 11.6. The Morgan fingerprint density at radius 2 is 1.95 bits per heavy atom. The highest BCUT2D eigenvalue weighted by atomic mass is 16.5.